The Bertz CT molecular complexity index is 234. The van der Waals surface area contributed by atoms with Gasteiger partial charge in [-0.1, -0.05) is 19.3 Å². The van der Waals surface area contributed by atoms with E-state index in [9.17, 15) is 4.79 Å². The van der Waals surface area contributed by atoms with Crippen molar-refractivity contribution in [1.82, 2.24) is 4.90 Å². The maximum atomic E-state index is 10.6. The summed E-state index contributed by atoms with van der Waals surface area (Å²) in [6.07, 6.45) is 9.46. The first-order valence-corrected chi connectivity index (χ1v) is 6.71. The summed E-state index contributed by atoms with van der Waals surface area (Å²) in [7, 11) is 0. The quantitative estimate of drug-likeness (QED) is 0.849. The van der Waals surface area contributed by atoms with E-state index in [2.05, 4.69) is 4.90 Å². The molecule has 100 valence electrons. The molecule has 0 radical (unpaired) electrons. The predicted octanol–water partition coefficient (Wildman–Crippen LogP) is 2.93. The van der Waals surface area contributed by atoms with Crippen molar-refractivity contribution in [2.75, 3.05) is 13.1 Å². The highest BCUT2D eigenvalue weighted by molar-refractivity contribution is 5.85. The smallest absolute Gasteiger partial charge is 0.303 e. The maximum Gasteiger partial charge on any atom is 0.303 e. The van der Waals surface area contributed by atoms with E-state index in [-0.39, 0.29) is 12.4 Å². The van der Waals surface area contributed by atoms with Crippen LogP contribution in [0.1, 0.15) is 51.4 Å². The highest BCUT2D eigenvalue weighted by Crippen LogP contribution is 2.28. The molecule has 0 aromatic rings. The van der Waals surface area contributed by atoms with Crippen molar-refractivity contribution in [2.45, 2.75) is 57.4 Å². The number of carboxylic acid groups (broad SMARTS) is 1. The molecule has 0 bridgehead atoms. The molecule has 0 aromatic heterocycles. The van der Waals surface area contributed by atoms with Gasteiger partial charge in [0.2, 0.25) is 0 Å². The Morgan fingerprint density at radius 3 is 2.18 bits per heavy atom. The third-order valence-corrected chi connectivity index (χ3v) is 4.20. The number of carbonyl (C=O) groups is 1. The van der Waals surface area contributed by atoms with Gasteiger partial charge in [-0.3, -0.25) is 4.79 Å². The topological polar surface area (TPSA) is 40.5 Å². The van der Waals surface area contributed by atoms with E-state index in [1.165, 1.54) is 32.1 Å². The zero-order chi connectivity index (χ0) is 11.4. The van der Waals surface area contributed by atoms with Crippen LogP contribution in [0.5, 0.6) is 0 Å². The van der Waals surface area contributed by atoms with Gasteiger partial charge in [0.25, 0.3) is 0 Å². The number of halogens is 1. The Labute approximate surface area is 110 Å². The maximum absolute atomic E-state index is 10.6. The van der Waals surface area contributed by atoms with Gasteiger partial charge in [0.05, 0.1) is 0 Å². The second kappa shape index (κ2) is 7.22. The van der Waals surface area contributed by atoms with Gasteiger partial charge in [-0.05, 0) is 44.7 Å². The van der Waals surface area contributed by atoms with E-state index >= 15 is 0 Å². The van der Waals surface area contributed by atoms with Crippen LogP contribution in [-0.4, -0.2) is 35.1 Å². The van der Waals surface area contributed by atoms with Gasteiger partial charge in [0.1, 0.15) is 0 Å². The Balaban J connectivity index is 0.00000144. The highest BCUT2D eigenvalue weighted by Gasteiger charge is 2.26. The van der Waals surface area contributed by atoms with Crippen LogP contribution in [0.2, 0.25) is 0 Å². The summed E-state index contributed by atoms with van der Waals surface area (Å²) in [6.45, 7) is 2.26. The van der Waals surface area contributed by atoms with Crippen molar-refractivity contribution in [3.63, 3.8) is 0 Å². The first-order valence-electron chi connectivity index (χ1n) is 6.71. The molecular formula is C13H24ClNO2. The molecule has 3 nitrogen and oxygen atoms in total. The lowest BCUT2D eigenvalue weighted by Crippen LogP contribution is -2.42. The van der Waals surface area contributed by atoms with Crippen molar-refractivity contribution < 1.29 is 9.90 Å². The van der Waals surface area contributed by atoms with Crippen LogP contribution >= 0.6 is 12.4 Å². The first-order chi connectivity index (χ1) is 7.75. The lowest BCUT2D eigenvalue weighted by molar-refractivity contribution is -0.138. The number of carboxylic acids is 1. The van der Waals surface area contributed by atoms with Crippen molar-refractivity contribution in [3.05, 3.63) is 0 Å². The minimum atomic E-state index is -0.629. The van der Waals surface area contributed by atoms with Gasteiger partial charge >= 0.3 is 5.97 Å². The summed E-state index contributed by atoms with van der Waals surface area (Å²) in [5, 5.41) is 8.77. The zero-order valence-electron chi connectivity index (χ0n) is 10.4. The molecule has 17 heavy (non-hydrogen) atoms. The third-order valence-electron chi connectivity index (χ3n) is 4.20. The van der Waals surface area contributed by atoms with Crippen LogP contribution in [0, 0.1) is 5.92 Å². The largest absolute Gasteiger partial charge is 0.481 e. The molecule has 1 aliphatic heterocycles. The average molecular weight is 262 g/mol. The lowest BCUT2D eigenvalue weighted by atomic mass is 9.89. The average Bonchev–Trinajstić information content (AvgIpc) is 2.30. The number of hydrogen-bond donors (Lipinski definition) is 1. The van der Waals surface area contributed by atoms with E-state index in [1.54, 1.807) is 0 Å². The van der Waals surface area contributed by atoms with Gasteiger partial charge in [-0.15, -0.1) is 12.4 Å². The SMILES string of the molecule is Cl.O=C(O)CC1CCN(C2CCCCC2)CC1. The summed E-state index contributed by atoms with van der Waals surface area (Å²) in [4.78, 5) is 13.2. The van der Waals surface area contributed by atoms with Crippen LogP contribution in [-0.2, 0) is 4.79 Å². The molecule has 1 heterocycles. The van der Waals surface area contributed by atoms with Gasteiger partial charge in [0.15, 0.2) is 0 Å². The number of nitrogens with zero attached hydrogens (tertiary/aromatic N) is 1. The van der Waals surface area contributed by atoms with Crippen LogP contribution in [0.15, 0.2) is 0 Å². The molecule has 0 spiro atoms. The molecule has 1 aliphatic carbocycles. The fourth-order valence-electron chi connectivity index (χ4n) is 3.22. The molecule has 1 N–H and O–H groups in total. The van der Waals surface area contributed by atoms with Gasteiger partial charge < -0.3 is 10.0 Å². The Morgan fingerprint density at radius 2 is 1.65 bits per heavy atom. The number of hydrogen-bond acceptors (Lipinski definition) is 2. The molecular weight excluding hydrogens is 238 g/mol. The van der Waals surface area contributed by atoms with Crippen molar-refractivity contribution in [2.24, 2.45) is 5.92 Å². The molecule has 4 heteroatoms. The Kier molecular flexibility index (Phi) is 6.28. The zero-order valence-corrected chi connectivity index (χ0v) is 11.3. The fourth-order valence-corrected chi connectivity index (χ4v) is 3.22. The minimum Gasteiger partial charge on any atom is -0.481 e. The van der Waals surface area contributed by atoms with Crippen molar-refractivity contribution in [3.8, 4) is 0 Å². The summed E-state index contributed by atoms with van der Waals surface area (Å²) in [5.74, 6) is -0.201. The molecule has 0 aromatic carbocycles. The van der Waals surface area contributed by atoms with Gasteiger partial charge in [0, 0.05) is 12.5 Å². The predicted molar refractivity (Wildman–Crippen MR) is 70.7 cm³/mol. The number of aliphatic carboxylic acids is 1. The first kappa shape index (κ1) is 14.8. The normalized spacial score (nSPS) is 24.2. The molecule has 1 saturated carbocycles. The standard InChI is InChI=1S/C13H23NO2.ClH/c15-13(16)10-11-6-8-14(9-7-11)12-4-2-1-3-5-12;/h11-12H,1-10H2,(H,15,16);1H. The molecule has 2 fully saturated rings. The molecule has 2 aliphatic rings. The summed E-state index contributed by atoms with van der Waals surface area (Å²) in [5.41, 5.74) is 0. The van der Waals surface area contributed by atoms with Crippen molar-refractivity contribution in [1.29, 1.82) is 0 Å². The minimum absolute atomic E-state index is 0. The van der Waals surface area contributed by atoms with E-state index in [1.807, 2.05) is 0 Å². The Hall–Kier alpha value is -0.280. The van der Waals surface area contributed by atoms with Crippen LogP contribution in [0.25, 0.3) is 0 Å². The van der Waals surface area contributed by atoms with E-state index < -0.39 is 5.97 Å². The van der Waals surface area contributed by atoms with Gasteiger partial charge in [-0.25, -0.2) is 0 Å². The highest BCUT2D eigenvalue weighted by atomic mass is 35.5. The second-order valence-electron chi connectivity index (χ2n) is 5.37. The molecule has 0 amide bonds. The molecule has 1 saturated heterocycles. The fraction of sp³-hybridized carbons (Fsp3) is 0.923. The van der Waals surface area contributed by atoms with Crippen LogP contribution in [0.3, 0.4) is 0 Å². The Morgan fingerprint density at radius 1 is 1.06 bits per heavy atom. The second-order valence-corrected chi connectivity index (χ2v) is 5.37. The molecule has 0 atom stereocenters. The van der Waals surface area contributed by atoms with E-state index in [0.717, 1.165) is 32.0 Å². The lowest BCUT2D eigenvalue weighted by Gasteiger charge is -2.39. The number of rotatable bonds is 3. The molecule has 0 unspecified atom stereocenters. The number of piperidine rings is 1. The van der Waals surface area contributed by atoms with E-state index in [4.69, 9.17) is 5.11 Å². The third kappa shape index (κ3) is 4.47. The molecule has 2 rings (SSSR count). The number of likely N-dealkylation sites (tertiary alicyclic amines) is 1. The monoisotopic (exact) mass is 261 g/mol. The van der Waals surface area contributed by atoms with Crippen molar-refractivity contribution >= 4 is 18.4 Å². The van der Waals surface area contributed by atoms with E-state index in [0.29, 0.717) is 12.3 Å². The van der Waals surface area contributed by atoms with Gasteiger partial charge in [-0.2, -0.15) is 0 Å². The van der Waals surface area contributed by atoms with Crippen LogP contribution < -0.4 is 0 Å². The van der Waals surface area contributed by atoms with Crippen LogP contribution in [0.4, 0.5) is 0 Å². The summed E-state index contributed by atoms with van der Waals surface area (Å²) in [6, 6.07) is 0.805. The summed E-state index contributed by atoms with van der Waals surface area (Å²) >= 11 is 0. The summed E-state index contributed by atoms with van der Waals surface area (Å²) < 4.78 is 0.